The van der Waals surface area contributed by atoms with Gasteiger partial charge in [-0.2, -0.15) is 4.31 Å². The Morgan fingerprint density at radius 1 is 1.19 bits per heavy atom. The van der Waals surface area contributed by atoms with E-state index in [4.69, 9.17) is 0 Å². The van der Waals surface area contributed by atoms with E-state index in [2.05, 4.69) is 29.8 Å². The summed E-state index contributed by atoms with van der Waals surface area (Å²) in [5.41, 5.74) is 1.09. The summed E-state index contributed by atoms with van der Waals surface area (Å²) in [4.78, 5) is 0.416. The van der Waals surface area contributed by atoms with Gasteiger partial charge in [0.2, 0.25) is 10.0 Å². The van der Waals surface area contributed by atoms with E-state index in [9.17, 15) is 8.42 Å². The lowest BCUT2D eigenvalue weighted by atomic mass is 10.2. The van der Waals surface area contributed by atoms with Crippen LogP contribution in [0.3, 0.4) is 0 Å². The van der Waals surface area contributed by atoms with Crippen LogP contribution in [0.5, 0.6) is 0 Å². The van der Waals surface area contributed by atoms with E-state index in [1.165, 1.54) is 0 Å². The zero-order chi connectivity index (χ0) is 15.5. The summed E-state index contributed by atoms with van der Waals surface area (Å²) in [5, 5.41) is 0.742. The van der Waals surface area contributed by atoms with E-state index in [1.807, 2.05) is 12.1 Å². The molecule has 0 saturated heterocycles. The first-order valence-electron chi connectivity index (χ1n) is 7.62. The topological polar surface area (TPSA) is 37.4 Å². The van der Waals surface area contributed by atoms with Crippen LogP contribution < -0.4 is 0 Å². The Morgan fingerprint density at radius 3 is 2.24 bits per heavy atom. The molecule has 0 N–H and O–H groups in total. The van der Waals surface area contributed by atoms with Crippen molar-refractivity contribution in [1.29, 1.82) is 0 Å². The third-order valence-corrected chi connectivity index (χ3v) is 6.54. The molecule has 3 nitrogen and oxygen atoms in total. The molecule has 0 aromatic heterocycles. The number of rotatable bonds is 6. The SMILES string of the molecule is CC(C)CN(C1CCCC1)S(=O)(=O)c1ccc(CBr)cc1. The van der Waals surface area contributed by atoms with Gasteiger partial charge in [0, 0.05) is 17.9 Å². The maximum Gasteiger partial charge on any atom is 0.243 e. The summed E-state index contributed by atoms with van der Waals surface area (Å²) < 4.78 is 27.7. The predicted octanol–water partition coefficient (Wildman–Crippen LogP) is 4.17. The molecule has 0 amide bonds. The molecular formula is C16H24BrNO2S. The van der Waals surface area contributed by atoms with Crippen LogP contribution in [0.25, 0.3) is 0 Å². The first kappa shape index (κ1) is 17.0. The number of alkyl halides is 1. The minimum atomic E-state index is -3.39. The van der Waals surface area contributed by atoms with Gasteiger partial charge in [-0.05, 0) is 36.5 Å². The van der Waals surface area contributed by atoms with Crippen molar-refractivity contribution in [2.24, 2.45) is 5.92 Å². The standard InChI is InChI=1S/C16H24BrNO2S/c1-13(2)12-18(15-5-3-4-6-15)21(19,20)16-9-7-14(11-17)8-10-16/h7-10,13,15H,3-6,11-12H2,1-2H3. The van der Waals surface area contributed by atoms with Crippen LogP contribution in [0.4, 0.5) is 0 Å². The Morgan fingerprint density at radius 2 is 1.76 bits per heavy atom. The van der Waals surface area contributed by atoms with E-state index < -0.39 is 10.0 Å². The Kier molecular flexibility index (Phi) is 5.86. The minimum Gasteiger partial charge on any atom is -0.207 e. The van der Waals surface area contributed by atoms with Crippen molar-refractivity contribution >= 4 is 26.0 Å². The van der Waals surface area contributed by atoms with Crippen molar-refractivity contribution in [2.45, 2.75) is 55.8 Å². The minimum absolute atomic E-state index is 0.174. The van der Waals surface area contributed by atoms with E-state index in [0.29, 0.717) is 17.4 Å². The first-order valence-corrected chi connectivity index (χ1v) is 10.2. The molecule has 0 spiro atoms. The Labute approximate surface area is 136 Å². The van der Waals surface area contributed by atoms with Gasteiger partial charge in [0.1, 0.15) is 0 Å². The number of benzene rings is 1. The summed E-state index contributed by atoms with van der Waals surface area (Å²) in [5.74, 6) is 0.335. The molecule has 1 saturated carbocycles. The molecule has 0 unspecified atom stereocenters. The first-order chi connectivity index (χ1) is 9.95. The van der Waals surface area contributed by atoms with E-state index in [0.717, 1.165) is 36.6 Å². The molecule has 1 aromatic carbocycles. The maximum absolute atomic E-state index is 13.0. The van der Waals surface area contributed by atoms with Gasteiger partial charge < -0.3 is 0 Å². The normalized spacial score (nSPS) is 17.0. The highest BCUT2D eigenvalue weighted by atomic mass is 79.9. The fraction of sp³-hybridized carbons (Fsp3) is 0.625. The molecule has 1 aliphatic carbocycles. The van der Waals surface area contributed by atoms with Crippen LogP contribution in [0.1, 0.15) is 45.1 Å². The summed E-state index contributed by atoms with van der Waals surface area (Å²) >= 11 is 3.39. The molecule has 0 aliphatic heterocycles. The van der Waals surface area contributed by atoms with Gasteiger partial charge >= 0.3 is 0 Å². The number of nitrogens with zero attached hydrogens (tertiary/aromatic N) is 1. The molecule has 0 radical (unpaired) electrons. The Balaban J connectivity index is 2.30. The van der Waals surface area contributed by atoms with Crippen LogP contribution in [0.15, 0.2) is 29.2 Å². The summed E-state index contributed by atoms with van der Waals surface area (Å²) in [7, 11) is -3.39. The van der Waals surface area contributed by atoms with Gasteiger partial charge in [0.15, 0.2) is 0 Å². The third kappa shape index (κ3) is 4.08. The number of sulfonamides is 1. The zero-order valence-electron chi connectivity index (χ0n) is 12.8. The second kappa shape index (κ2) is 7.25. The number of hydrogen-bond acceptors (Lipinski definition) is 2. The van der Waals surface area contributed by atoms with Crippen LogP contribution in [-0.2, 0) is 15.4 Å². The van der Waals surface area contributed by atoms with Crippen molar-refractivity contribution in [3.05, 3.63) is 29.8 Å². The van der Waals surface area contributed by atoms with Gasteiger partial charge in [0.25, 0.3) is 0 Å². The average molecular weight is 374 g/mol. The van der Waals surface area contributed by atoms with Gasteiger partial charge in [0.05, 0.1) is 4.90 Å². The van der Waals surface area contributed by atoms with Crippen LogP contribution >= 0.6 is 15.9 Å². The van der Waals surface area contributed by atoms with Gasteiger partial charge in [-0.3, -0.25) is 0 Å². The number of hydrogen-bond donors (Lipinski definition) is 0. The molecule has 1 aromatic rings. The Bertz CT molecular complexity index is 548. The molecule has 5 heteroatoms. The fourth-order valence-corrected chi connectivity index (χ4v) is 5.10. The molecule has 0 bridgehead atoms. The maximum atomic E-state index is 13.0. The van der Waals surface area contributed by atoms with Crippen molar-refractivity contribution in [1.82, 2.24) is 4.31 Å². The molecule has 0 atom stereocenters. The number of halogens is 1. The molecule has 1 aliphatic rings. The lowest BCUT2D eigenvalue weighted by Crippen LogP contribution is -2.41. The summed E-state index contributed by atoms with van der Waals surface area (Å²) in [6, 6.07) is 7.39. The summed E-state index contributed by atoms with van der Waals surface area (Å²) in [6.45, 7) is 4.75. The highest BCUT2D eigenvalue weighted by Crippen LogP contribution is 2.29. The molecule has 21 heavy (non-hydrogen) atoms. The van der Waals surface area contributed by atoms with Gasteiger partial charge in [-0.1, -0.05) is 54.8 Å². The second-order valence-corrected chi connectivity index (χ2v) is 8.64. The molecule has 2 rings (SSSR count). The molecule has 118 valence electrons. The fourth-order valence-electron chi connectivity index (χ4n) is 2.88. The van der Waals surface area contributed by atoms with E-state index in [1.54, 1.807) is 16.4 Å². The predicted molar refractivity (Wildman–Crippen MR) is 90.1 cm³/mol. The van der Waals surface area contributed by atoms with Gasteiger partial charge in [-0.15, -0.1) is 0 Å². The lowest BCUT2D eigenvalue weighted by Gasteiger charge is -2.29. The van der Waals surface area contributed by atoms with Crippen molar-refractivity contribution in [3.63, 3.8) is 0 Å². The van der Waals surface area contributed by atoms with Gasteiger partial charge in [-0.25, -0.2) is 8.42 Å². The quantitative estimate of drug-likeness (QED) is 0.701. The van der Waals surface area contributed by atoms with Crippen LogP contribution in [0.2, 0.25) is 0 Å². The van der Waals surface area contributed by atoms with Crippen molar-refractivity contribution < 1.29 is 8.42 Å². The molecule has 0 heterocycles. The van der Waals surface area contributed by atoms with Crippen LogP contribution in [0, 0.1) is 5.92 Å². The second-order valence-electron chi connectivity index (χ2n) is 6.18. The smallest absolute Gasteiger partial charge is 0.207 e. The van der Waals surface area contributed by atoms with E-state index in [-0.39, 0.29) is 6.04 Å². The monoisotopic (exact) mass is 373 g/mol. The average Bonchev–Trinajstić information content (AvgIpc) is 2.98. The highest BCUT2D eigenvalue weighted by Gasteiger charge is 2.33. The van der Waals surface area contributed by atoms with Crippen LogP contribution in [-0.4, -0.2) is 25.3 Å². The van der Waals surface area contributed by atoms with Crippen molar-refractivity contribution in [3.8, 4) is 0 Å². The molecule has 1 fully saturated rings. The lowest BCUT2D eigenvalue weighted by molar-refractivity contribution is 0.292. The largest absolute Gasteiger partial charge is 0.243 e. The Hall–Kier alpha value is -0.390. The highest BCUT2D eigenvalue weighted by molar-refractivity contribution is 9.08. The molecular weight excluding hydrogens is 350 g/mol. The zero-order valence-corrected chi connectivity index (χ0v) is 15.2. The summed E-state index contributed by atoms with van der Waals surface area (Å²) in [6.07, 6.45) is 4.26. The third-order valence-electron chi connectivity index (χ3n) is 3.96. The van der Waals surface area contributed by atoms with Crippen molar-refractivity contribution in [2.75, 3.05) is 6.54 Å². The van der Waals surface area contributed by atoms with E-state index >= 15 is 0 Å².